The zero-order valence-electron chi connectivity index (χ0n) is 22.4. The summed E-state index contributed by atoms with van der Waals surface area (Å²) in [5.74, 6) is 0.568. The second-order valence-corrected chi connectivity index (χ2v) is 9.76. The molecule has 4 aromatic carbocycles. The lowest BCUT2D eigenvalue weighted by Gasteiger charge is -2.25. The van der Waals surface area contributed by atoms with Crippen LogP contribution < -0.4 is 14.8 Å². The van der Waals surface area contributed by atoms with Crippen molar-refractivity contribution in [1.29, 1.82) is 0 Å². The number of rotatable bonds is 10. The lowest BCUT2D eigenvalue weighted by atomic mass is 10.1. The van der Waals surface area contributed by atoms with Gasteiger partial charge in [0.2, 0.25) is 5.91 Å². The molecule has 2 N–H and O–H groups in total. The number of carbonyl (C=O) groups is 3. The second kappa shape index (κ2) is 12.8. The minimum atomic E-state index is -1.10. The number of carboxylic acid groups (broad SMARTS) is 1. The Bertz CT molecular complexity index is 1500. The monoisotopic (exact) mass is 550 g/mol. The lowest BCUT2D eigenvalue weighted by molar-refractivity contribution is -0.115. The zero-order chi connectivity index (χ0) is 28.6. The van der Waals surface area contributed by atoms with Crippen molar-refractivity contribution in [2.24, 2.45) is 0 Å². The number of amides is 2. The summed E-state index contributed by atoms with van der Waals surface area (Å²) in [7, 11) is 0. The summed E-state index contributed by atoms with van der Waals surface area (Å²) >= 11 is 0. The molecule has 0 saturated carbocycles. The molecule has 4 aromatic rings. The first-order valence-corrected chi connectivity index (χ1v) is 13.4. The number of hydrogen-bond acceptors (Lipinski definition) is 5. The number of carbonyl (C=O) groups excluding carboxylic acids is 2. The van der Waals surface area contributed by atoms with Gasteiger partial charge in [0.15, 0.2) is 0 Å². The third-order valence-electron chi connectivity index (χ3n) is 6.88. The molecule has 1 heterocycles. The predicted molar refractivity (Wildman–Crippen MR) is 155 cm³/mol. The highest BCUT2D eigenvalue weighted by atomic mass is 16.5. The van der Waals surface area contributed by atoms with Gasteiger partial charge in [-0.1, -0.05) is 42.5 Å². The molecule has 1 unspecified atom stereocenters. The smallest absolute Gasteiger partial charge is 0.337 e. The first-order chi connectivity index (χ1) is 20.0. The number of likely N-dealkylation sites (tertiary alicyclic amines) is 1. The summed E-state index contributed by atoms with van der Waals surface area (Å²) in [6.45, 7) is 1.16. The van der Waals surface area contributed by atoms with Crippen LogP contribution in [0.1, 0.15) is 39.1 Å². The predicted octanol–water partition coefficient (Wildman–Crippen LogP) is 6.04. The Morgan fingerprint density at radius 1 is 0.805 bits per heavy atom. The number of para-hydroxylation sites is 1. The maximum Gasteiger partial charge on any atom is 0.337 e. The van der Waals surface area contributed by atoms with Crippen LogP contribution in [-0.4, -0.2) is 47.0 Å². The average Bonchev–Trinajstić information content (AvgIpc) is 3.47. The van der Waals surface area contributed by atoms with Crippen molar-refractivity contribution in [3.05, 3.63) is 120 Å². The summed E-state index contributed by atoms with van der Waals surface area (Å²) in [5.41, 5.74) is 1.76. The van der Waals surface area contributed by atoms with Gasteiger partial charge in [0.25, 0.3) is 5.91 Å². The Morgan fingerprint density at radius 3 is 2.15 bits per heavy atom. The van der Waals surface area contributed by atoms with E-state index in [1.165, 1.54) is 6.07 Å². The fourth-order valence-electron chi connectivity index (χ4n) is 4.79. The van der Waals surface area contributed by atoms with E-state index in [1.807, 2.05) is 59.5 Å². The number of hydrogen-bond donors (Lipinski definition) is 2. The van der Waals surface area contributed by atoms with Crippen molar-refractivity contribution in [3.63, 3.8) is 0 Å². The summed E-state index contributed by atoms with van der Waals surface area (Å²) in [5, 5.41) is 11.9. The molecule has 208 valence electrons. The van der Waals surface area contributed by atoms with Gasteiger partial charge in [0.1, 0.15) is 23.9 Å². The van der Waals surface area contributed by atoms with Crippen LogP contribution in [0.2, 0.25) is 0 Å². The number of anilines is 1. The lowest BCUT2D eigenvalue weighted by Crippen LogP contribution is -2.39. The van der Waals surface area contributed by atoms with Crippen LogP contribution in [0.3, 0.4) is 0 Å². The van der Waals surface area contributed by atoms with Gasteiger partial charge in [-0.15, -0.1) is 0 Å². The molecule has 5 rings (SSSR count). The SMILES string of the molecule is O=C(Cc1ccc(Oc2ccc(OCC3CCCN3C(=O)c3ccccc3)cc2)cc1)Nc1ccccc1C(=O)O. The van der Waals surface area contributed by atoms with Gasteiger partial charge < -0.3 is 24.8 Å². The highest BCUT2D eigenvalue weighted by Crippen LogP contribution is 2.26. The van der Waals surface area contributed by atoms with E-state index < -0.39 is 5.97 Å². The molecule has 0 aliphatic carbocycles. The van der Waals surface area contributed by atoms with Gasteiger partial charge >= 0.3 is 5.97 Å². The third kappa shape index (κ3) is 7.10. The van der Waals surface area contributed by atoms with E-state index in [-0.39, 0.29) is 35.5 Å². The number of benzene rings is 4. The van der Waals surface area contributed by atoms with Gasteiger partial charge in [-0.2, -0.15) is 0 Å². The van der Waals surface area contributed by atoms with E-state index in [2.05, 4.69) is 5.32 Å². The molecule has 8 heteroatoms. The normalized spacial score (nSPS) is 14.3. The molecule has 1 saturated heterocycles. The Hall–Kier alpha value is -5.11. The topological polar surface area (TPSA) is 105 Å². The zero-order valence-corrected chi connectivity index (χ0v) is 22.4. The highest BCUT2D eigenvalue weighted by molar-refractivity contribution is 6.01. The maximum atomic E-state index is 12.9. The third-order valence-corrected chi connectivity index (χ3v) is 6.88. The molecular weight excluding hydrogens is 520 g/mol. The second-order valence-electron chi connectivity index (χ2n) is 9.76. The summed E-state index contributed by atoms with van der Waals surface area (Å²) in [6.07, 6.45) is 1.96. The van der Waals surface area contributed by atoms with Crippen LogP contribution in [0.25, 0.3) is 0 Å². The maximum absolute atomic E-state index is 12.9. The highest BCUT2D eigenvalue weighted by Gasteiger charge is 2.29. The molecule has 1 fully saturated rings. The van der Waals surface area contributed by atoms with Gasteiger partial charge in [-0.25, -0.2) is 4.79 Å². The molecule has 1 atom stereocenters. The molecule has 0 radical (unpaired) electrons. The first kappa shape index (κ1) is 27.5. The van der Waals surface area contributed by atoms with E-state index >= 15 is 0 Å². The van der Waals surface area contributed by atoms with Crippen molar-refractivity contribution >= 4 is 23.5 Å². The molecule has 8 nitrogen and oxygen atoms in total. The van der Waals surface area contributed by atoms with Crippen LogP contribution in [0.4, 0.5) is 5.69 Å². The summed E-state index contributed by atoms with van der Waals surface area (Å²) in [4.78, 5) is 38.6. The van der Waals surface area contributed by atoms with Crippen molar-refractivity contribution in [1.82, 2.24) is 4.90 Å². The Balaban J connectivity index is 1.11. The van der Waals surface area contributed by atoms with Gasteiger partial charge in [-0.05, 0) is 79.1 Å². The van der Waals surface area contributed by atoms with Crippen molar-refractivity contribution in [2.45, 2.75) is 25.3 Å². The van der Waals surface area contributed by atoms with Crippen molar-refractivity contribution in [2.75, 3.05) is 18.5 Å². The fourth-order valence-corrected chi connectivity index (χ4v) is 4.79. The average molecular weight is 551 g/mol. The van der Waals surface area contributed by atoms with Crippen LogP contribution in [0.5, 0.6) is 17.2 Å². The van der Waals surface area contributed by atoms with Crippen LogP contribution in [0.15, 0.2) is 103 Å². The van der Waals surface area contributed by atoms with Gasteiger partial charge in [-0.3, -0.25) is 9.59 Å². The minimum Gasteiger partial charge on any atom is -0.491 e. The Kier molecular flexibility index (Phi) is 8.59. The molecule has 0 aromatic heterocycles. The van der Waals surface area contributed by atoms with Crippen LogP contribution >= 0.6 is 0 Å². The van der Waals surface area contributed by atoms with Crippen LogP contribution in [0, 0.1) is 0 Å². The number of aromatic carboxylic acids is 1. The number of ether oxygens (including phenoxy) is 2. The Morgan fingerprint density at radius 2 is 1.44 bits per heavy atom. The molecule has 41 heavy (non-hydrogen) atoms. The van der Waals surface area contributed by atoms with E-state index in [9.17, 15) is 19.5 Å². The summed E-state index contributed by atoms with van der Waals surface area (Å²) in [6, 6.07) is 30.1. The summed E-state index contributed by atoms with van der Waals surface area (Å²) < 4.78 is 11.9. The molecule has 0 bridgehead atoms. The number of carboxylic acids is 1. The Labute approximate surface area is 238 Å². The largest absolute Gasteiger partial charge is 0.491 e. The van der Waals surface area contributed by atoms with Crippen molar-refractivity contribution < 1.29 is 29.0 Å². The first-order valence-electron chi connectivity index (χ1n) is 13.4. The standard InChI is InChI=1S/C33H30N2O6/c36-31(34-30-11-5-4-10-29(30)33(38)39)21-23-12-14-27(15-13-23)41-28-18-16-26(17-19-28)40-22-25-9-6-20-35(25)32(37)24-7-2-1-3-8-24/h1-5,7-8,10-19,25H,6,9,20-22H2,(H,34,36)(H,38,39). The van der Waals surface area contributed by atoms with Crippen molar-refractivity contribution in [3.8, 4) is 17.2 Å². The van der Waals surface area contributed by atoms with E-state index in [0.717, 1.165) is 24.9 Å². The van der Waals surface area contributed by atoms with E-state index in [0.29, 0.717) is 29.4 Å². The molecule has 1 aliphatic heterocycles. The molecule has 2 amide bonds. The molecule has 1 aliphatic rings. The molecular formula is C33H30N2O6. The van der Waals surface area contributed by atoms with E-state index in [4.69, 9.17) is 9.47 Å². The fraction of sp³-hybridized carbons (Fsp3) is 0.182. The van der Waals surface area contributed by atoms with E-state index in [1.54, 1.807) is 42.5 Å². The van der Waals surface area contributed by atoms with Gasteiger partial charge in [0, 0.05) is 12.1 Å². The van der Waals surface area contributed by atoms with Gasteiger partial charge in [0.05, 0.1) is 23.7 Å². The number of nitrogens with zero attached hydrogens (tertiary/aromatic N) is 1. The van der Waals surface area contributed by atoms with Crippen LogP contribution in [-0.2, 0) is 11.2 Å². The quantitative estimate of drug-likeness (QED) is 0.249. The number of nitrogens with one attached hydrogen (secondary N) is 1. The minimum absolute atomic E-state index is 0.0335. The molecule has 0 spiro atoms.